The third kappa shape index (κ3) is 2.60. The van der Waals surface area contributed by atoms with Gasteiger partial charge in [0.2, 0.25) is 0 Å². The summed E-state index contributed by atoms with van der Waals surface area (Å²) in [5.41, 5.74) is 0. The zero-order valence-electron chi connectivity index (χ0n) is 6.16. The SMILES string of the molecule is COc1ccc(O)cc1.[Na]. The Bertz CT molecular complexity index is 183. The van der Waals surface area contributed by atoms with Crippen molar-refractivity contribution < 1.29 is 9.84 Å². The fraction of sp³-hybridized carbons (Fsp3) is 0.143. The van der Waals surface area contributed by atoms with Crippen LogP contribution in [-0.4, -0.2) is 41.8 Å². The Morgan fingerprint density at radius 3 is 2.10 bits per heavy atom. The first-order chi connectivity index (χ1) is 4.33. The molecule has 49 valence electrons. The summed E-state index contributed by atoms with van der Waals surface area (Å²) in [5, 5.41) is 8.80. The van der Waals surface area contributed by atoms with Gasteiger partial charge in [0.15, 0.2) is 0 Å². The maximum absolute atomic E-state index is 8.80. The Morgan fingerprint density at radius 2 is 1.70 bits per heavy atom. The molecule has 1 radical (unpaired) electrons. The first-order valence-electron chi connectivity index (χ1n) is 2.66. The van der Waals surface area contributed by atoms with Crippen molar-refractivity contribution in [1.82, 2.24) is 0 Å². The fourth-order valence-electron chi connectivity index (χ4n) is 0.582. The maximum Gasteiger partial charge on any atom is 0.119 e. The van der Waals surface area contributed by atoms with Crippen LogP contribution in [0.2, 0.25) is 0 Å². The third-order valence-corrected chi connectivity index (χ3v) is 1.07. The standard InChI is InChI=1S/C7H8O2.Na/c1-9-7-4-2-6(8)3-5-7;/h2-5,8H,1H3;. The number of hydrogen-bond donors (Lipinski definition) is 1. The molecule has 0 aliphatic carbocycles. The summed E-state index contributed by atoms with van der Waals surface area (Å²) in [5.74, 6) is 1.02. The number of phenolic OH excluding ortho intramolecular Hbond substituents is 1. The summed E-state index contributed by atoms with van der Waals surface area (Å²) < 4.78 is 4.86. The average Bonchev–Trinajstić information content (AvgIpc) is 1.90. The Kier molecular flexibility index (Phi) is 4.52. The van der Waals surface area contributed by atoms with Gasteiger partial charge in [0.1, 0.15) is 11.5 Å². The minimum Gasteiger partial charge on any atom is -0.508 e. The molecule has 0 bridgehead atoms. The second-order valence-electron chi connectivity index (χ2n) is 1.70. The molecule has 1 rings (SSSR count). The summed E-state index contributed by atoms with van der Waals surface area (Å²) in [6.07, 6.45) is 0. The molecule has 0 saturated heterocycles. The number of phenols is 1. The largest absolute Gasteiger partial charge is 0.508 e. The van der Waals surface area contributed by atoms with Crippen LogP contribution < -0.4 is 4.74 Å². The number of ether oxygens (including phenoxy) is 1. The first-order valence-corrected chi connectivity index (χ1v) is 2.66. The van der Waals surface area contributed by atoms with Crippen LogP contribution in [0.1, 0.15) is 0 Å². The van der Waals surface area contributed by atoms with E-state index in [0.29, 0.717) is 0 Å². The van der Waals surface area contributed by atoms with E-state index < -0.39 is 0 Å². The van der Waals surface area contributed by atoms with Gasteiger partial charge >= 0.3 is 0 Å². The molecule has 0 amide bonds. The number of methoxy groups -OCH3 is 1. The summed E-state index contributed by atoms with van der Waals surface area (Å²) in [6.45, 7) is 0. The Labute approximate surface area is 82.1 Å². The number of aromatic hydroxyl groups is 1. The van der Waals surface area contributed by atoms with Crippen molar-refractivity contribution in [3.8, 4) is 11.5 Å². The number of rotatable bonds is 1. The van der Waals surface area contributed by atoms with E-state index in [9.17, 15) is 0 Å². The van der Waals surface area contributed by atoms with Crippen LogP contribution in [0.3, 0.4) is 0 Å². The maximum atomic E-state index is 8.80. The van der Waals surface area contributed by atoms with Gasteiger partial charge in [-0.05, 0) is 24.3 Å². The average molecular weight is 147 g/mol. The van der Waals surface area contributed by atoms with Gasteiger partial charge < -0.3 is 9.84 Å². The molecule has 1 N–H and O–H groups in total. The van der Waals surface area contributed by atoms with E-state index in [0.717, 1.165) is 5.75 Å². The molecule has 0 unspecified atom stereocenters. The van der Waals surface area contributed by atoms with Crippen molar-refractivity contribution in [3.63, 3.8) is 0 Å². The second kappa shape index (κ2) is 4.61. The fourth-order valence-corrected chi connectivity index (χ4v) is 0.582. The molecule has 0 fully saturated rings. The van der Waals surface area contributed by atoms with Gasteiger partial charge in [-0.25, -0.2) is 0 Å². The van der Waals surface area contributed by atoms with Gasteiger partial charge in [-0.15, -0.1) is 0 Å². The predicted octanol–water partition coefficient (Wildman–Crippen LogP) is 1.02. The van der Waals surface area contributed by atoms with Crippen molar-refractivity contribution in [1.29, 1.82) is 0 Å². The van der Waals surface area contributed by atoms with Gasteiger partial charge in [0, 0.05) is 29.6 Å². The molecule has 2 nitrogen and oxygen atoms in total. The number of benzene rings is 1. The van der Waals surface area contributed by atoms with E-state index in [1.807, 2.05) is 0 Å². The van der Waals surface area contributed by atoms with Crippen LogP contribution >= 0.6 is 0 Å². The minimum atomic E-state index is 0. The summed E-state index contributed by atoms with van der Waals surface area (Å²) >= 11 is 0. The third-order valence-electron chi connectivity index (χ3n) is 1.07. The van der Waals surface area contributed by atoms with E-state index in [-0.39, 0.29) is 35.3 Å². The zero-order valence-corrected chi connectivity index (χ0v) is 8.16. The van der Waals surface area contributed by atoms with Crippen molar-refractivity contribution in [2.24, 2.45) is 0 Å². The Balaban J connectivity index is 0.000000810. The van der Waals surface area contributed by atoms with Crippen molar-refractivity contribution >= 4 is 29.6 Å². The van der Waals surface area contributed by atoms with Crippen LogP contribution in [0.5, 0.6) is 11.5 Å². The van der Waals surface area contributed by atoms with Gasteiger partial charge in [-0.2, -0.15) is 0 Å². The van der Waals surface area contributed by atoms with Gasteiger partial charge in [0.25, 0.3) is 0 Å². The second-order valence-corrected chi connectivity index (χ2v) is 1.70. The normalized spacial score (nSPS) is 8.10. The first kappa shape index (κ1) is 9.82. The number of hydrogen-bond acceptors (Lipinski definition) is 2. The molecule has 0 aromatic heterocycles. The van der Waals surface area contributed by atoms with Crippen LogP contribution in [0.15, 0.2) is 24.3 Å². The summed E-state index contributed by atoms with van der Waals surface area (Å²) in [6, 6.07) is 6.57. The molecular weight excluding hydrogens is 139 g/mol. The van der Waals surface area contributed by atoms with Crippen LogP contribution in [0, 0.1) is 0 Å². The molecule has 1 aromatic carbocycles. The van der Waals surface area contributed by atoms with Crippen LogP contribution in [0.4, 0.5) is 0 Å². The van der Waals surface area contributed by atoms with E-state index in [2.05, 4.69) is 0 Å². The van der Waals surface area contributed by atoms with E-state index in [4.69, 9.17) is 9.84 Å². The summed E-state index contributed by atoms with van der Waals surface area (Å²) in [7, 11) is 1.59. The molecule has 0 spiro atoms. The Hall–Kier alpha value is -0.180. The van der Waals surface area contributed by atoms with Gasteiger partial charge in [-0.3, -0.25) is 0 Å². The minimum absolute atomic E-state index is 0. The molecule has 0 atom stereocenters. The molecule has 0 heterocycles. The van der Waals surface area contributed by atoms with Gasteiger partial charge in [0.05, 0.1) is 7.11 Å². The van der Waals surface area contributed by atoms with Crippen LogP contribution in [0.25, 0.3) is 0 Å². The smallest absolute Gasteiger partial charge is 0.119 e. The molecule has 0 saturated carbocycles. The van der Waals surface area contributed by atoms with E-state index in [1.165, 1.54) is 0 Å². The monoisotopic (exact) mass is 147 g/mol. The van der Waals surface area contributed by atoms with Crippen LogP contribution in [-0.2, 0) is 0 Å². The topological polar surface area (TPSA) is 29.5 Å². The molecule has 3 heteroatoms. The molecule has 0 aliphatic heterocycles. The van der Waals surface area contributed by atoms with Crippen molar-refractivity contribution in [2.45, 2.75) is 0 Å². The Morgan fingerprint density at radius 1 is 1.20 bits per heavy atom. The molecule has 10 heavy (non-hydrogen) atoms. The van der Waals surface area contributed by atoms with Crippen molar-refractivity contribution in [2.75, 3.05) is 7.11 Å². The van der Waals surface area contributed by atoms with E-state index in [1.54, 1.807) is 31.4 Å². The molecule has 0 aliphatic rings. The summed E-state index contributed by atoms with van der Waals surface area (Å²) in [4.78, 5) is 0. The van der Waals surface area contributed by atoms with Gasteiger partial charge in [-0.1, -0.05) is 0 Å². The van der Waals surface area contributed by atoms with Crippen molar-refractivity contribution in [3.05, 3.63) is 24.3 Å². The zero-order chi connectivity index (χ0) is 6.69. The van der Waals surface area contributed by atoms with E-state index >= 15 is 0 Å². The quantitative estimate of drug-likeness (QED) is 0.601. The molecule has 1 aromatic rings. The molecular formula is C7H8NaO2. The predicted molar refractivity (Wildman–Crippen MR) is 40.4 cm³/mol.